The highest BCUT2D eigenvalue weighted by Gasteiger charge is 2.22. The number of nitrogens with zero attached hydrogens (tertiary/aromatic N) is 4. The Kier molecular flexibility index (Phi) is 5.23. The third kappa shape index (κ3) is 4.09. The average molecular weight is 413 g/mol. The van der Waals surface area contributed by atoms with Crippen LogP contribution >= 0.6 is 0 Å². The molecule has 4 rings (SSSR count). The van der Waals surface area contributed by atoms with E-state index in [-0.39, 0.29) is 4.90 Å². The molecule has 0 spiro atoms. The highest BCUT2D eigenvalue weighted by Crippen LogP contribution is 2.24. The first-order valence-corrected chi connectivity index (χ1v) is 11.2. The Balaban J connectivity index is 1.49. The van der Waals surface area contributed by atoms with E-state index in [2.05, 4.69) is 30.0 Å². The quantitative estimate of drug-likeness (QED) is 0.666. The maximum Gasteiger partial charge on any atom is 0.265 e. The Labute approximate surface area is 170 Å². The zero-order chi connectivity index (χ0) is 20.4. The molecule has 1 saturated heterocycles. The number of hydrogen-bond acceptors (Lipinski definition) is 6. The maximum absolute atomic E-state index is 12.6. The molecule has 0 amide bonds. The standard InChI is InChI=1S/C20H24N6O2S/c1-14-20(15(2)22-21-14)29(27,28)25-17-8-6-16(7-9-17)18-10-11-19(24-23-18)26-12-4-3-5-13-26/h6-11,25H,3-5,12-13H2,1-2H3,(H,21,22). The fourth-order valence-electron chi connectivity index (χ4n) is 3.62. The van der Waals surface area contributed by atoms with Crippen LogP contribution in [0.15, 0.2) is 41.3 Å². The van der Waals surface area contributed by atoms with Gasteiger partial charge >= 0.3 is 0 Å². The van der Waals surface area contributed by atoms with Gasteiger partial charge in [0.1, 0.15) is 4.90 Å². The highest BCUT2D eigenvalue weighted by molar-refractivity contribution is 7.92. The van der Waals surface area contributed by atoms with Gasteiger partial charge in [-0.05, 0) is 57.4 Å². The van der Waals surface area contributed by atoms with E-state index >= 15 is 0 Å². The molecule has 0 aliphatic carbocycles. The number of piperidine rings is 1. The van der Waals surface area contributed by atoms with Crippen molar-refractivity contribution < 1.29 is 8.42 Å². The second kappa shape index (κ2) is 7.82. The number of aromatic amines is 1. The molecule has 2 N–H and O–H groups in total. The lowest BCUT2D eigenvalue weighted by atomic mass is 10.1. The van der Waals surface area contributed by atoms with Gasteiger partial charge in [-0.1, -0.05) is 12.1 Å². The van der Waals surface area contributed by atoms with Crippen molar-refractivity contribution in [3.63, 3.8) is 0 Å². The number of aryl methyl sites for hydroxylation is 2. The van der Waals surface area contributed by atoms with Crippen LogP contribution in [0.1, 0.15) is 30.7 Å². The van der Waals surface area contributed by atoms with E-state index < -0.39 is 10.0 Å². The van der Waals surface area contributed by atoms with Gasteiger partial charge in [0.15, 0.2) is 5.82 Å². The number of sulfonamides is 1. The Bertz CT molecular complexity index is 1070. The molecular weight excluding hydrogens is 388 g/mol. The molecule has 0 radical (unpaired) electrons. The van der Waals surface area contributed by atoms with Crippen LogP contribution in [0.2, 0.25) is 0 Å². The predicted octanol–water partition coefficient (Wildman–Crippen LogP) is 3.27. The molecule has 29 heavy (non-hydrogen) atoms. The second-order valence-corrected chi connectivity index (χ2v) is 8.89. The number of anilines is 2. The molecule has 1 aliphatic heterocycles. The first-order valence-electron chi connectivity index (χ1n) is 9.67. The van der Waals surface area contributed by atoms with Gasteiger partial charge < -0.3 is 4.90 Å². The van der Waals surface area contributed by atoms with Crippen molar-refractivity contribution in [2.24, 2.45) is 0 Å². The van der Waals surface area contributed by atoms with Crippen molar-refractivity contribution in [1.82, 2.24) is 20.4 Å². The van der Waals surface area contributed by atoms with Crippen molar-refractivity contribution in [2.45, 2.75) is 38.0 Å². The summed E-state index contributed by atoms with van der Waals surface area (Å²) in [7, 11) is -3.70. The van der Waals surface area contributed by atoms with E-state index in [9.17, 15) is 8.42 Å². The lowest BCUT2D eigenvalue weighted by Crippen LogP contribution is -2.30. The van der Waals surface area contributed by atoms with Crippen LogP contribution in [-0.2, 0) is 10.0 Å². The van der Waals surface area contributed by atoms with Crippen molar-refractivity contribution in [1.29, 1.82) is 0 Å². The van der Waals surface area contributed by atoms with Gasteiger partial charge in [0, 0.05) is 24.3 Å². The Morgan fingerprint density at radius 3 is 2.28 bits per heavy atom. The van der Waals surface area contributed by atoms with Crippen LogP contribution in [-0.4, -0.2) is 41.9 Å². The minimum Gasteiger partial charge on any atom is -0.355 e. The molecule has 152 valence electrons. The zero-order valence-electron chi connectivity index (χ0n) is 16.5. The summed E-state index contributed by atoms with van der Waals surface area (Å²) in [6, 6.07) is 11.0. The van der Waals surface area contributed by atoms with Gasteiger partial charge in [-0.25, -0.2) is 8.42 Å². The molecule has 1 aromatic carbocycles. The molecule has 1 fully saturated rings. The fourth-order valence-corrected chi connectivity index (χ4v) is 5.05. The summed E-state index contributed by atoms with van der Waals surface area (Å²) in [4.78, 5) is 2.44. The van der Waals surface area contributed by atoms with E-state index in [1.54, 1.807) is 26.0 Å². The van der Waals surface area contributed by atoms with Crippen molar-refractivity contribution in [3.05, 3.63) is 47.8 Å². The lowest BCUT2D eigenvalue weighted by Gasteiger charge is -2.27. The van der Waals surface area contributed by atoms with Crippen LogP contribution in [0, 0.1) is 13.8 Å². The fraction of sp³-hybridized carbons (Fsp3) is 0.350. The largest absolute Gasteiger partial charge is 0.355 e. The number of hydrogen-bond donors (Lipinski definition) is 2. The number of aromatic nitrogens is 4. The molecule has 2 aromatic heterocycles. The van der Waals surface area contributed by atoms with Crippen LogP contribution < -0.4 is 9.62 Å². The highest BCUT2D eigenvalue weighted by atomic mass is 32.2. The van der Waals surface area contributed by atoms with E-state index in [0.717, 1.165) is 30.2 Å². The second-order valence-electron chi connectivity index (χ2n) is 7.27. The Hall–Kier alpha value is -2.94. The normalized spacial score (nSPS) is 14.8. The summed E-state index contributed by atoms with van der Waals surface area (Å²) in [6.07, 6.45) is 3.66. The van der Waals surface area contributed by atoms with Crippen LogP contribution in [0.25, 0.3) is 11.3 Å². The van der Waals surface area contributed by atoms with Gasteiger partial charge in [0.25, 0.3) is 10.0 Å². The summed E-state index contributed by atoms with van der Waals surface area (Å²) in [5.41, 5.74) is 3.06. The molecule has 0 unspecified atom stereocenters. The Morgan fingerprint density at radius 1 is 0.966 bits per heavy atom. The number of H-pyrrole nitrogens is 1. The molecular formula is C20H24N6O2S. The van der Waals surface area contributed by atoms with Gasteiger partial charge in [0.05, 0.1) is 17.1 Å². The number of nitrogens with one attached hydrogen (secondary N) is 2. The van der Waals surface area contributed by atoms with Gasteiger partial charge in [-0.15, -0.1) is 10.2 Å². The van der Waals surface area contributed by atoms with Crippen LogP contribution in [0.3, 0.4) is 0 Å². The first kappa shape index (κ1) is 19.4. The summed E-state index contributed by atoms with van der Waals surface area (Å²) < 4.78 is 27.9. The van der Waals surface area contributed by atoms with Gasteiger partial charge in [0.2, 0.25) is 0 Å². The number of rotatable bonds is 5. The van der Waals surface area contributed by atoms with E-state index in [4.69, 9.17) is 0 Å². The smallest absolute Gasteiger partial charge is 0.265 e. The van der Waals surface area contributed by atoms with E-state index in [1.165, 1.54) is 19.3 Å². The van der Waals surface area contributed by atoms with Crippen molar-refractivity contribution in [3.8, 4) is 11.3 Å². The minimum atomic E-state index is -3.70. The minimum absolute atomic E-state index is 0.181. The molecule has 8 nitrogen and oxygen atoms in total. The number of benzene rings is 1. The summed E-state index contributed by atoms with van der Waals surface area (Å²) in [5, 5.41) is 15.4. The molecule has 3 heterocycles. The van der Waals surface area contributed by atoms with E-state index in [1.807, 2.05) is 24.3 Å². The predicted molar refractivity (Wildman–Crippen MR) is 112 cm³/mol. The SMILES string of the molecule is Cc1n[nH]c(C)c1S(=O)(=O)Nc1ccc(-c2ccc(N3CCCCC3)nn2)cc1. The monoisotopic (exact) mass is 412 g/mol. The van der Waals surface area contributed by atoms with Crippen LogP contribution in [0.4, 0.5) is 11.5 Å². The van der Waals surface area contributed by atoms with Gasteiger partial charge in [-0.3, -0.25) is 9.82 Å². The summed E-state index contributed by atoms with van der Waals surface area (Å²) in [5.74, 6) is 0.906. The molecule has 0 saturated carbocycles. The molecule has 1 aliphatic rings. The van der Waals surface area contributed by atoms with Crippen molar-refractivity contribution in [2.75, 3.05) is 22.7 Å². The zero-order valence-corrected chi connectivity index (χ0v) is 17.3. The molecule has 3 aromatic rings. The Morgan fingerprint density at radius 2 is 1.69 bits per heavy atom. The first-order chi connectivity index (χ1) is 13.9. The van der Waals surface area contributed by atoms with Crippen molar-refractivity contribution >= 4 is 21.5 Å². The topological polar surface area (TPSA) is 104 Å². The maximum atomic E-state index is 12.6. The lowest BCUT2D eigenvalue weighted by molar-refractivity contribution is 0.571. The summed E-state index contributed by atoms with van der Waals surface area (Å²) in [6.45, 7) is 5.40. The summed E-state index contributed by atoms with van der Waals surface area (Å²) >= 11 is 0. The third-order valence-corrected chi connectivity index (χ3v) is 6.74. The molecule has 0 atom stereocenters. The average Bonchev–Trinajstić information content (AvgIpc) is 3.08. The van der Waals surface area contributed by atoms with Crippen LogP contribution in [0.5, 0.6) is 0 Å². The molecule has 0 bridgehead atoms. The van der Waals surface area contributed by atoms with Gasteiger partial charge in [-0.2, -0.15) is 5.10 Å². The third-order valence-electron chi connectivity index (χ3n) is 5.09. The van der Waals surface area contributed by atoms with E-state index in [0.29, 0.717) is 17.1 Å². The molecule has 9 heteroatoms.